The number of hydrogen-bond donors (Lipinski definition) is 3. The summed E-state index contributed by atoms with van der Waals surface area (Å²) in [5.74, 6) is -0.866. The smallest absolute Gasteiger partial charge is 0.407 e. The van der Waals surface area contributed by atoms with Crippen LogP contribution < -0.4 is 10.6 Å². The standard InChI is InChI=1S/C18H30N4O5S/c1-11(2)14-20-12(10-28-14)9-22(6)16(25)21-13(15(23)24)7-8-19-17(26)27-18(3,4)5/h10-11,13H,7-9H2,1-6H3,(H,19,26)(H,21,25)(H,23,24)/t13-/m0/s1. The third kappa shape index (κ3) is 8.55. The van der Waals surface area contributed by atoms with Crippen LogP contribution in [0.2, 0.25) is 0 Å². The van der Waals surface area contributed by atoms with Gasteiger partial charge in [-0.05, 0) is 27.2 Å². The number of nitrogens with one attached hydrogen (secondary N) is 2. The van der Waals surface area contributed by atoms with E-state index >= 15 is 0 Å². The minimum atomic E-state index is -1.18. The van der Waals surface area contributed by atoms with Crippen molar-refractivity contribution in [3.63, 3.8) is 0 Å². The van der Waals surface area contributed by atoms with Gasteiger partial charge in [0, 0.05) is 24.9 Å². The van der Waals surface area contributed by atoms with E-state index in [-0.39, 0.29) is 19.5 Å². The van der Waals surface area contributed by atoms with Crippen LogP contribution >= 0.6 is 11.3 Å². The average Bonchev–Trinajstić information content (AvgIpc) is 3.00. The van der Waals surface area contributed by atoms with Gasteiger partial charge in [0.25, 0.3) is 0 Å². The van der Waals surface area contributed by atoms with E-state index in [0.29, 0.717) is 5.92 Å². The molecule has 0 bridgehead atoms. The number of rotatable bonds is 8. The average molecular weight is 415 g/mol. The highest BCUT2D eigenvalue weighted by Gasteiger charge is 2.23. The fraction of sp³-hybridized carbons (Fsp3) is 0.667. The first kappa shape index (κ1) is 23.7. The number of carboxylic acid groups (broad SMARTS) is 1. The molecule has 1 atom stereocenters. The maximum atomic E-state index is 12.3. The molecule has 158 valence electrons. The molecule has 3 N–H and O–H groups in total. The number of hydrogen-bond acceptors (Lipinski definition) is 6. The summed E-state index contributed by atoms with van der Waals surface area (Å²) in [4.78, 5) is 41.2. The first-order valence-electron chi connectivity index (χ1n) is 9.04. The van der Waals surface area contributed by atoms with E-state index in [0.717, 1.165) is 10.7 Å². The number of nitrogens with zero attached hydrogens (tertiary/aromatic N) is 2. The molecule has 0 saturated heterocycles. The number of carboxylic acids is 1. The minimum Gasteiger partial charge on any atom is -0.480 e. The summed E-state index contributed by atoms with van der Waals surface area (Å²) in [6.07, 6.45) is -0.605. The van der Waals surface area contributed by atoms with Crippen LogP contribution in [0.4, 0.5) is 9.59 Å². The normalized spacial score (nSPS) is 12.4. The number of thiazole rings is 1. The Kier molecular flexibility index (Phi) is 8.67. The SMILES string of the molecule is CC(C)c1nc(CN(C)C(=O)N[C@@H](CCNC(=O)OC(C)(C)C)C(=O)O)cs1. The topological polar surface area (TPSA) is 121 Å². The highest BCUT2D eigenvalue weighted by molar-refractivity contribution is 7.09. The lowest BCUT2D eigenvalue weighted by Gasteiger charge is -2.22. The number of amides is 3. The maximum absolute atomic E-state index is 12.3. The van der Waals surface area contributed by atoms with Crippen molar-refractivity contribution in [2.75, 3.05) is 13.6 Å². The van der Waals surface area contributed by atoms with Crippen molar-refractivity contribution in [3.05, 3.63) is 16.1 Å². The summed E-state index contributed by atoms with van der Waals surface area (Å²) in [6.45, 7) is 9.61. The van der Waals surface area contributed by atoms with Gasteiger partial charge in [-0.3, -0.25) is 0 Å². The Bertz CT molecular complexity index is 684. The van der Waals surface area contributed by atoms with E-state index in [2.05, 4.69) is 15.6 Å². The Morgan fingerprint density at radius 2 is 1.96 bits per heavy atom. The summed E-state index contributed by atoms with van der Waals surface area (Å²) in [7, 11) is 1.57. The fourth-order valence-corrected chi connectivity index (χ4v) is 2.95. The Hall–Kier alpha value is -2.36. The minimum absolute atomic E-state index is 0.0301. The predicted molar refractivity (Wildman–Crippen MR) is 106 cm³/mol. The van der Waals surface area contributed by atoms with Crippen molar-refractivity contribution in [3.8, 4) is 0 Å². The van der Waals surface area contributed by atoms with Crippen LogP contribution in [0.1, 0.15) is 57.7 Å². The molecule has 0 aromatic carbocycles. The molecule has 0 fully saturated rings. The van der Waals surface area contributed by atoms with Crippen molar-refractivity contribution < 1.29 is 24.2 Å². The van der Waals surface area contributed by atoms with E-state index in [4.69, 9.17) is 4.74 Å². The van der Waals surface area contributed by atoms with Crippen LogP contribution in [-0.2, 0) is 16.1 Å². The second kappa shape index (κ2) is 10.3. The molecule has 0 aliphatic heterocycles. The Morgan fingerprint density at radius 3 is 2.46 bits per heavy atom. The molecular weight excluding hydrogens is 384 g/mol. The van der Waals surface area contributed by atoms with Gasteiger partial charge in [-0.25, -0.2) is 19.4 Å². The van der Waals surface area contributed by atoms with Crippen LogP contribution in [-0.4, -0.2) is 58.3 Å². The zero-order chi connectivity index (χ0) is 21.5. The molecule has 1 heterocycles. The van der Waals surface area contributed by atoms with Gasteiger partial charge in [-0.2, -0.15) is 0 Å². The highest BCUT2D eigenvalue weighted by Crippen LogP contribution is 2.19. The Morgan fingerprint density at radius 1 is 1.32 bits per heavy atom. The largest absolute Gasteiger partial charge is 0.480 e. The second-order valence-electron chi connectivity index (χ2n) is 7.75. The monoisotopic (exact) mass is 414 g/mol. The molecule has 0 spiro atoms. The van der Waals surface area contributed by atoms with E-state index in [9.17, 15) is 19.5 Å². The van der Waals surface area contributed by atoms with Gasteiger partial charge in [-0.15, -0.1) is 11.3 Å². The van der Waals surface area contributed by atoms with Crippen LogP contribution in [0, 0.1) is 0 Å². The number of urea groups is 1. The molecule has 0 aliphatic carbocycles. The van der Waals surface area contributed by atoms with Crippen molar-refractivity contribution >= 4 is 29.4 Å². The van der Waals surface area contributed by atoms with Gasteiger partial charge in [-0.1, -0.05) is 13.8 Å². The molecule has 1 aromatic rings. The molecule has 9 nitrogen and oxygen atoms in total. The van der Waals surface area contributed by atoms with Gasteiger partial charge >= 0.3 is 18.1 Å². The maximum Gasteiger partial charge on any atom is 0.407 e. The van der Waals surface area contributed by atoms with Gasteiger partial charge in [0.2, 0.25) is 0 Å². The van der Waals surface area contributed by atoms with E-state index in [1.54, 1.807) is 27.8 Å². The third-order valence-corrected chi connectivity index (χ3v) is 4.70. The van der Waals surface area contributed by atoms with Crippen LogP contribution in [0.5, 0.6) is 0 Å². The molecule has 1 aromatic heterocycles. The summed E-state index contributed by atoms with van der Waals surface area (Å²) < 4.78 is 5.09. The zero-order valence-electron chi connectivity index (χ0n) is 17.2. The number of ether oxygens (including phenoxy) is 1. The van der Waals surface area contributed by atoms with Crippen molar-refractivity contribution in [2.24, 2.45) is 0 Å². The lowest BCUT2D eigenvalue weighted by atomic mass is 10.2. The first-order valence-corrected chi connectivity index (χ1v) is 9.92. The van der Waals surface area contributed by atoms with E-state index in [1.807, 2.05) is 19.2 Å². The first-order chi connectivity index (χ1) is 12.9. The number of carbonyl (C=O) groups is 3. The molecule has 28 heavy (non-hydrogen) atoms. The molecule has 0 saturated carbocycles. The quantitative estimate of drug-likeness (QED) is 0.601. The Balaban J connectivity index is 2.51. The number of alkyl carbamates (subject to hydrolysis) is 1. The van der Waals surface area contributed by atoms with Crippen molar-refractivity contribution in [2.45, 2.75) is 65.1 Å². The molecular formula is C18H30N4O5S. The predicted octanol–water partition coefficient (Wildman–Crippen LogP) is 2.78. The van der Waals surface area contributed by atoms with Crippen LogP contribution in [0.15, 0.2) is 5.38 Å². The lowest BCUT2D eigenvalue weighted by Crippen LogP contribution is -2.47. The van der Waals surface area contributed by atoms with Crippen molar-refractivity contribution in [1.29, 1.82) is 0 Å². The lowest BCUT2D eigenvalue weighted by molar-refractivity contribution is -0.139. The molecule has 0 radical (unpaired) electrons. The summed E-state index contributed by atoms with van der Waals surface area (Å²) in [6, 6.07) is -1.66. The molecule has 0 aliphatic rings. The van der Waals surface area contributed by atoms with Gasteiger partial charge in [0.05, 0.1) is 17.2 Å². The fourth-order valence-electron chi connectivity index (χ4n) is 2.12. The zero-order valence-corrected chi connectivity index (χ0v) is 18.1. The van der Waals surface area contributed by atoms with Crippen LogP contribution in [0.3, 0.4) is 0 Å². The third-order valence-electron chi connectivity index (χ3n) is 3.51. The molecule has 1 rings (SSSR count). The van der Waals surface area contributed by atoms with Gasteiger partial charge < -0.3 is 25.4 Å². The highest BCUT2D eigenvalue weighted by atomic mass is 32.1. The van der Waals surface area contributed by atoms with Crippen LogP contribution in [0.25, 0.3) is 0 Å². The van der Waals surface area contributed by atoms with E-state index in [1.165, 1.54) is 16.2 Å². The Labute approximate surface area is 169 Å². The number of aliphatic carboxylic acids is 1. The van der Waals surface area contributed by atoms with E-state index < -0.39 is 29.7 Å². The van der Waals surface area contributed by atoms with Gasteiger partial charge in [0.15, 0.2) is 0 Å². The summed E-state index contributed by atoms with van der Waals surface area (Å²) in [5.41, 5.74) is 0.114. The molecule has 10 heteroatoms. The molecule has 3 amide bonds. The number of carbonyl (C=O) groups excluding carboxylic acids is 2. The second-order valence-corrected chi connectivity index (χ2v) is 8.64. The number of aromatic nitrogens is 1. The van der Waals surface area contributed by atoms with Gasteiger partial charge in [0.1, 0.15) is 11.6 Å². The molecule has 0 unspecified atom stereocenters. The summed E-state index contributed by atoms with van der Waals surface area (Å²) in [5, 5.41) is 17.1. The van der Waals surface area contributed by atoms with Crippen molar-refractivity contribution in [1.82, 2.24) is 20.5 Å². The summed E-state index contributed by atoms with van der Waals surface area (Å²) >= 11 is 1.53.